The van der Waals surface area contributed by atoms with Crippen LogP contribution in [0.1, 0.15) is 56.6 Å². The first-order valence-electron chi connectivity index (χ1n) is 9.28. The van der Waals surface area contributed by atoms with Crippen molar-refractivity contribution in [3.8, 4) is 0 Å². The number of piperazine rings is 1. The molecule has 1 aromatic heterocycles. The van der Waals surface area contributed by atoms with E-state index in [1.54, 1.807) is 6.33 Å². The lowest BCUT2D eigenvalue weighted by atomic mass is 9.80. The molecule has 0 radical (unpaired) electrons. The Morgan fingerprint density at radius 1 is 0.957 bits per heavy atom. The van der Waals surface area contributed by atoms with Gasteiger partial charge in [-0.3, -0.25) is 4.90 Å². The van der Waals surface area contributed by atoms with E-state index < -0.39 is 0 Å². The summed E-state index contributed by atoms with van der Waals surface area (Å²) in [4.78, 5) is 14.0. The molecule has 5 nitrogen and oxygen atoms in total. The van der Waals surface area contributed by atoms with Crippen LogP contribution in [0.25, 0.3) is 0 Å². The Kier molecular flexibility index (Phi) is 4.49. The van der Waals surface area contributed by atoms with Crippen molar-refractivity contribution in [1.29, 1.82) is 0 Å². The number of anilines is 1. The zero-order valence-electron chi connectivity index (χ0n) is 13.9. The third-order valence-electron chi connectivity index (χ3n) is 5.93. The van der Waals surface area contributed by atoms with Crippen LogP contribution >= 0.6 is 0 Å². The Labute approximate surface area is 138 Å². The van der Waals surface area contributed by atoms with Crippen LogP contribution in [-0.4, -0.2) is 58.3 Å². The summed E-state index contributed by atoms with van der Waals surface area (Å²) >= 11 is 0. The second-order valence-corrected chi connectivity index (χ2v) is 7.44. The molecule has 2 aliphatic carbocycles. The van der Waals surface area contributed by atoms with E-state index in [9.17, 15) is 5.11 Å². The highest BCUT2D eigenvalue weighted by atomic mass is 16.3. The molecule has 3 aliphatic rings. The summed E-state index contributed by atoms with van der Waals surface area (Å²) in [6.45, 7) is 4.46. The first kappa shape index (κ1) is 15.3. The van der Waals surface area contributed by atoms with Gasteiger partial charge in [0.05, 0.1) is 6.10 Å². The molecule has 3 fully saturated rings. The Balaban J connectivity index is 1.35. The maximum Gasteiger partial charge on any atom is 0.132 e. The first-order valence-corrected chi connectivity index (χ1v) is 9.28. The van der Waals surface area contributed by atoms with Crippen LogP contribution in [0.5, 0.6) is 0 Å². The molecule has 0 atom stereocenters. The monoisotopic (exact) mass is 316 g/mol. The Morgan fingerprint density at radius 2 is 1.70 bits per heavy atom. The number of hydrogen-bond acceptors (Lipinski definition) is 5. The summed E-state index contributed by atoms with van der Waals surface area (Å²) in [7, 11) is 0. The average Bonchev–Trinajstić information content (AvgIpc) is 2.60. The fraction of sp³-hybridized carbons (Fsp3) is 0.778. The molecule has 23 heavy (non-hydrogen) atoms. The molecule has 126 valence electrons. The quantitative estimate of drug-likeness (QED) is 0.926. The van der Waals surface area contributed by atoms with Gasteiger partial charge in [0.15, 0.2) is 0 Å². The molecule has 0 aromatic carbocycles. The van der Waals surface area contributed by atoms with Gasteiger partial charge in [0.25, 0.3) is 0 Å². The Hall–Kier alpha value is -1.20. The van der Waals surface area contributed by atoms with Crippen molar-refractivity contribution < 1.29 is 5.11 Å². The normalized spacial score (nSPS) is 30.2. The molecule has 0 bridgehead atoms. The molecule has 1 aliphatic heterocycles. The largest absolute Gasteiger partial charge is 0.393 e. The first-order chi connectivity index (χ1) is 11.3. The van der Waals surface area contributed by atoms with E-state index in [4.69, 9.17) is 0 Å². The second-order valence-electron chi connectivity index (χ2n) is 7.44. The molecular formula is C18H28N4O. The van der Waals surface area contributed by atoms with Crippen LogP contribution in [0.15, 0.2) is 12.4 Å². The van der Waals surface area contributed by atoms with Crippen LogP contribution in [0.3, 0.4) is 0 Å². The molecule has 2 saturated carbocycles. The molecule has 5 heteroatoms. The highest BCUT2D eigenvalue weighted by molar-refractivity contribution is 5.40. The van der Waals surface area contributed by atoms with Gasteiger partial charge < -0.3 is 10.0 Å². The van der Waals surface area contributed by atoms with E-state index in [-0.39, 0.29) is 6.10 Å². The van der Waals surface area contributed by atoms with Crippen LogP contribution in [0.2, 0.25) is 0 Å². The summed E-state index contributed by atoms with van der Waals surface area (Å²) in [5.41, 5.74) is 1.11. The lowest BCUT2D eigenvalue weighted by Crippen LogP contribution is -2.51. The summed E-state index contributed by atoms with van der Waals surface area (Å²) in [5, 5.41) is 9.49. The second kappa shape index (κ2) is 6.73. The van der Waals surface area contributed by atoms with Crippen molar-refractivity contribution in [3.05, 3.63) is 18.1 Å². The third-order valence-corrected chi connectivity index (χ3v) is 5.93. The lowest BCUT2D eigenvalue weighted by Gasteiger charge is -2.41. The van der Waals surface area contributed by atoms with Crippen LogP contribution < -0.4 is 4.90 Å². The van der Waals surface area contributed by atoms with Crippen molar-refractivity contribution in [2.75, 3.05) is 31.1 Å². The number of nitrogens with zero attached hydrogens (tertiary/aromatic N) is 4. The highest BCUT2D eigenvalue weighted by Crippen LogP contribution is 2.36. The maximum atomic E-state index is 9.49. The van der Waals surface area contributed by atoms with Gasteiger partial charge in [-0.25, -0.2) is 9.97 Å². The molecule has 0 unspecified atom stereocenters. The van der Waals surface area contributed by atoms with E-state index in [2.05, 4.69) is 25.8 Å². The summed E-state index contributed by atoms with van der Waals surface area (Å²) in [5.74, 6) is 1.50. The number of rotatable bonds is 3. The van der Waals surface area contributed by atoms with Crippen molar-refractivity contribution in [2.45, 2.75) is 63.0 Å². The van der Waals surface area contributed by atoms with Crippen LogP contribution in [0, 0.1) is 0 Å². The number of hydrogen-bond donors (Lipinski definition) is 1. The predicted octanol–water partition coefficient (Wildman–Crippen LogP) is 2.17. The van der Waals surface area contributed by atoms with Gasteiger partial charge in [0, 0.05) is 49.9 Å². The predicted molar refractivity (Wildman–Crippen MR) is 90.7 cm³/mol. The molecular weight excluding hydrogens is 288 g/mol. The summed E-state index contributed by atoms with van der Waals surface area (Å²) in [6, 6.07) is 2.97. The number of aliphatic hydroxyl groups is 1. The standard InChI is InChI=1S/C18H28N4O/c23-16-10-14(11-16)17-12-18(20-13-19-17)22-8-6-21(7-9-22)15-4-2-1-3-5-15/h12-16,23H,1-11H2. The van der Waals surface area contributed by atoms with E-state index >= 15 is 0 Å². The van der Waals surface area contributed by atoms with Gasteiger partial charge in [-0.2, -0.15) is 0 Å². The van der Waals surface area contributed by atoms with Gasteiger partial charge in [0.2, 0.25) is 0 Å². The lowest BCUT2D eigenvalue weighted by molar-refractivity contribution is 0.0732. The Morgan fingerprint density at radius 3 is 2.39 bits per heavy atom. The zero-order valence-corrected chi connectivity index (χ0v) is 13.9. The minimum absolute atomic E-state index is 0.127. The smallest absolute Gasteiger partial charge is 0.132 e. The van der Waals surface area contributed by atoms with Gasteiger partial charge in [0.1, 0.15) is 12.1 Å². The fourth-order valence-corrected chi connectivity index (χ4v) is 4.35. The van der Waals surface area contributed by atoms with Crippen LogP contribution in [0.4, 0.5) is 5.82 Å². The van der Waals surface area contributed by atoms with Gasteiger partial charge in [-0.1, -0.05) is 19.3 Å². The van der Waals surface area contributed by atoms with Crippen molar-refractivity contribution in [1.82, 2.24) is 14.9 Å². The van der Waals surface area contributed by atoms with E-state index in [1.807, 2.05) is 0 Å². The molecule has 0 spiro atoms. The minimum Gasteiger partial charge on any atom is -0.393 e. The molecule has 1 saturated heterocycles. The van der Waals surface area contributed by atoms with E-state index in [1.165, 1.54) is 32.1 Å². The van der Waals surface area contributed by atoms with Crippen molar-refractivity contribution in [2.24, 2.45) is 0 Å². The topological polar surface area (TPSA) is 52.5 Å². The summed E-state index contributed by atoms with van der Waals surface area (Å²) in [6.07, 6.45) is 10.3. The van der Waals surface area contributed by atoms with E-state index in [0.29, 0.717) is 5.92 Å². The molecule has 0 amide bonds. The molecule has 4 rings (SSSR count). The minimum atomic E-state index is -0.127. The van der Waals surface area contributed by atoms with Crippen molar-refractivity contribution in [3.63, 3.8) is 0 Å². The molecule has 2 heterocycles. The van der Waals surface area contributed by atoms with Gasteiger partial charge >= 0.3 is 0 Å². The van der Waals surface area contributed by atoms with E-state index in [0.717, 1.165) is 56.6 Å². The van der Waals surface area contributed by atoms with Crippen molar-refractivity contribution >= 4 is 5.82 Å². The zero-order chi connectivity index (χ0) is 15.6. The average molecular weight is 316 g/mol. The molecule has 1 N–H and O–H groups in total. The highest BCUT2D eigenvalue weighted by Gasteiger charge is 2.30. The number of aromatic nitrogens is 2. The van der Waals surface area contributed by atoms with Gasteiger partial charge in [-0.05, 0) is 25.7 Å². The SMILES string of the molecule is OC1CC(c2cc(N3CCN(C4CCCCC4)CC3)ncn2)C1. The third kappa shape index (κ3) is 3.36. The van der Waals surface area contributed by atoms with Crippen LogP contribution in [-0.2, 0) is 0 Å². The Bertz CT molecular complexity index is 518. The maximum absolute atomic E-state index is 9.49. The number of aliphatic hydroxyl groups excluding tert-OH is 1. The molecule has 1 aromatic rings. The fourth-order valence-electron chi connectivity index (χ4n) is 4.35. The summed E-state index contributed by atoms with van der Waals surface area (Å²) < 4.78 is 0. The van der Waals surface area contributed by atoms with Gasteiger partial charge in [-0.15, -0.1) is 0 Å².